The molecule has 2 N–H and O–H groups in total. The Hall–Kier alpha value is -2.18. The number of esters is 2. The second-order valence-electron chi connectivity index (χ2n) is 4.68. The van der Waals surface area contributed by atoms with Crippen LogP contribution in [0.15, 0.2) is 42.0 Å². The van der Waals surface area contributed by atoms with Gasteiger partial charge in [0.05, 0.1) is 12.7 Å². The van der Waals surface area contributed by atoms with Crippen molar-refractivity contribution in [1.82, 2.24) is 0 Å². The van der Waals surface area contributed by atoms with Gasteiger partial charge in [0.15, 0.2) is 0 Å². The maximum absolute atomic E-state index is 12.0. The van der Waals surface area contributed by atoms with Crippen LogP contribution in [0.2, 0.25) is 0 Å². The average molecular weight is 292 g/mol. The number of carbonyl (C=O) groups excluding carboxylic acids is 2. The Balaban J connectivity index is 2.11. The number of rotatable bonds is 3. The van der Waals surface area contributed by atoms with Gasteiger partial charge in [0.2, 0.25) is 0 Å². The Kier molecular flexibility index (Phi) is 4.72. The van der Waals surface area contributed by atoms with Gasteiger partial charge in [0.1, 0.15) is 18.3 Å². The third-order valence-electron chi connectivity index (χ3n) is 3.24. The minimum absolute atomic E-state index is 0.0104. The van der Waals surface area contributed by atoms with Crippen LogP contribution in [0.5, 0.6) is 0 Å². The van der Waals surface area contributed by atoms with E-state index in [1.165, 1.54) is 13.2 Å². The smallest absolute Gasteiger partial charge is 0.338 e. The van der Waals surface area contributed by atoms with Crippen molar-refractivity contribution in [1.29, 1.82) is 0 Å². The molecule has 0 heterocycles. The highest BCUT2D eigenvalue weighted by Gasteiger charge is 2.36. The predicted octanol–water partition coefficient (Wildman–Crippen LogP) is 0.437. The third kappa shape index (κ3) is 3.48. The molecule has 6 nitrogen and oxygen atoms in total. The van der Waals surface area contributed by atoms with E-state index in [2.05, 4.69) is 4.74 Å². The second-order valence-corrected chi connectivity index (χ2v) is 4.68. The molecule has 0 spiro atoms. The highest BCUT2D eigenvalue weighted by Crippen LogP contribution is 2.24. The zero-order chi connectivity index (χ0) is 15.4. The quantitative estimate of drug-likeness (QED) is 0.785. The summed E-state index contributed by atoms with van der Waals surface area (Å²) in [6.07, 6.45) is -2.38. The number of carbonyl (C=O) groups is 2. The number of aliphatic hydroxyl groups excluding tert-OH is 2. The Morgan fingerprint density at radius 3 is 2.43 bits per heavy atom. The van der Waals surface area contributed by atoms with Crippen LogP contribution in [0, 0.1) is 0 Å². The monoisotopic (exact) mass is 292 g/mol. The first kappa shape index (κ1) is 15.2. The van der Waals surface area contributed by atoms with E-state index in [-0.39, 0.29) is 12.0 Å². The van der Waals surface area contributed by atoms with E-state index in [9.17, 15) is 19.8 Å². The molecule has 0 aliphatic heterocycles. The largest absolute Gasteiger partial charge is 0.466 e. The van der Waals surface area contributed by atoms with Crippen LogP contribution in [-0.4, -0.2) is 47.6 Å². The molecule has 3 atom stereocenters. The van der Waals surface area contributed by atoms with Gasteiger partial charge < -0.3 is 19.7 Å². The fourth-order valence-electron chi connectivity index (χ4n) is 2.10. The molecule has 0 radical (unpaired) electrons. The normalized spacial score (nSPS) is 24.9. The van der Waals surface area contributed by atoms with Gasteiger partial charge in [-0.15, -0.1) is 0 Å². The first-order valence-electron chi connectivity index (χ1n) is 6.44. The third-order valence-corrected chi connectivity index (χ3v) is 3.24. The maximum Gasteiger partial charge on any atom is 0.338 e. The number of hydrogen-bond acceptors (Lipinski definition) is 6. The van der Waals surface area contributed by atoms with Crippen molar-refractivity contribution < 1.29 is 29.3 Å². The Morgan fingerprint density at radius 1 is 1.14 bits per heavy atom. The lowest BCUT2D eigenvalue weighted by Crippen LogP contribution is -2.43. The predicted molar refractivity (Wildman–Crippen MR) is 72.4 cm³/mol. The van der Waals surface area contributed by atoms with Crippen LogP contribution in [0.4, 0.5) is 0 Å². The van der Waals surface area contributed by atoms with Crippen LogP contribution in [0.25, 0.3) is 0 Å². The summed E-state index contributed by atoms with van der Waals surface area (Å²) in [5, 5.41) is 19.6. The molecule has 21 heavy (non-hydrogen) atoms. The van der Waals surface area contributed by atoms with E-state index in [1.54, 1.807) is 30.3 Å². The van der Waals surface area contributed by atoms with Crippen LogP contribution in [-0.2, 0) is 14.3 Å². The number of ether oxygens (including phenoxy) is 2. The molecule has 0 fully saturated rings. The highest BCUT2D eigenvalue weighted by atomic mass is 16.6. The summed E-state index contributed by atoms with van der Waals surface area (Å²) in [5.74, 6) is -1.25. The van der Waals surface area contributed by atoms with Gasteiger partial charge in [-0.25, -0.2) is 9.59 Å². The lowest BCUT2D eigenvalue weighted by molar-refractivity contribution is -0.137. The molecule has 2 rings (SSSR count). The molecular weight excluding hydrogens is 276 g/mol. The highest BCUT2D eigenvalue weighted by molar-refractivity contribution is 5.90. The van der Waals surface area contributed by atoms with Gasteiger partial charge in [0.25, 0.3) is 0 Å². The van der Waals surface area contributed by atoms with Gasteiger partial charge in [-0.3, -0.25) is 0 Å². The van der Waals surface area contributed by atoms with Crippen molar-refractivity contribution >= 4 is 11.9 Å². The van der Waals surface area contributed by atoms with Crippen molar-refractivity contribution in [2.75, 3.05) is 7.11 Å². The lowest BCUT2D eigenvalue weighted by Gasteiger charge is -2.30. The molecule has 0 saturated carbocycles. The van der Waals surface area contributed by atoms with Crippen LogP contribution >= 0.6 is 0 Å². The summed E-state index contributed by atoms with van der Waals surface area (Å²) in [5.41, 5.74) is 0.495. The van der Waals surface area contributed by atoms with Crippen LogP contribution < -0.4 is 0 Å². The number of hydrogen-bond donors (Lipinski definition) is 2. The molecule has 1 aromatic rings. The molecule has 6 heteroatoms. The second kappa shape index (κ2) is 6.51. The topological polar surface area (TPSA) is 93.1 Å². The molecule has 0 aromatic heterocycles. The van der Waals surface area contributed by atoms with Gasteiger partial charge in [-0.2, -0.15) is 0 Å². The van der Waals surface area contributed by atoms with Crippen LogP contribution in [0.1, 0.15) is 16.8 Å². The molecule has 0 saturated heterocycles. The molecule has 0 bridgehead atoms. The minimum atomic E-state index is -1.29. The molecule has 0 unspecified atom stereocenters. The van der Waals surface area contributed by atoms with Crippen molar-refractivity contribution in [3.63, 3.8) is 0 Å². The van der Waals surface area contributed by atoms with Gasteiger partial charge >= 0.3 is 11.9 Å². The van der Waals surface area contributed by atoms with E-state index in [4.69, 9.17) is 4.74 Å². The van der Waals surface area contributed by atoms with Crippen LogP contribution in [0.3, 0.4) is 0 Å². The molecule has 0 amide bonds. The summed E-state index contributed by atoms with van der Waals surface area (Å²) in [6, 6.07) is 8.27. The van der Waals surface area contributed by atoms with Crippen molar-refractivity contribution in [3.8, 4) is 0 Å². The van der Waals surface area contributed by atoms with Crippen molar-refractivity contribution in [2.24, 2.45) is 0 Å². The molecule has 1 aromatic carbocycles. The zero-order valence-corrected chi connectivity index (χ0v) is 11.4. The van der Waals surface area contributed by atoms with Crippen molar-refractivity contribution in [2.45, 2.75) is 24.7 Å². The minimum Gasteiger partial charge on any atom is -0.466 e. The summed E-state index contributed by atoms with van der Waals surface area (Å²) in [6.45, 7) is 0. The summed E-state index contributed by atoms with van der Waals surface area (Å²) in [7, 11) is 1.21. The summed E-state index contributed by atoms with van der Waals surface area (Å²) in [4.78, 5) is 23.5. The molecule has 1 aliphatic rings. The zero-order valence-electron chi connectivity index (χ0n) is 11.4. The Bertz CT molecular complexity index is 551. The standard InChI is InChI=1S/C15H16O6/c1-20-14(18)10-7-11(16)13(17)12(8-10)21-15(19)9-5-3-2-4-6-9/h2-7,11-13,16-17H,8H2,1H3/t11-,12-,13-/m1/s1. The average Bonchev–Trinajstić information content (AvgIpc) is 2.51. The van der Waals surface area contributed by atoms with E-state index in [0.29, 0.717) is 5.56 Å². The number of benzene rings is 1. The lowest BCUT2D eigenvalue weighted by atomic mass is 9.92. The molecule has 1 aliphatic carbocycles. The SMILES string of the molecule is COC(=O)C1=C[C@@H](O)[C@@H](O)[C@H](OC(=O)c2ccccc2)C1. The Labute approximate surface area is 121 Å². The maximum atomic E-state index is 12.0. The molecular formula is C15H16O6. The summed E-state index contributed by atoms with van der Waals surface area (Å²) >= 11 is 0. The van der Waals surface area contributed by atoms with E-state index >= 15 is 0 Å². The first-order chi connectivity index (χ1) is 10.0. The van der Waals surface area contributed by atoms with E-state index < -0.39 is 30.3 Å². The van der Waals surface area contributed by atoms with E-state index in [0.717, 1.165) is 0 Å². The fraction of sp³-hybridized carbons (Fsp3) is 0.333. The van der Waals surface area contributed by atoms with Crippen molar-refractivity contribution in [3.05, 3.63) is 47.5 Å². The summed E-state index contributed by atoms with van der Waals surface area (Å²) < 4.78 is 9.76. The Morgan fingerprint density at radius 2 is 1.81 bits per heavy atom. The van der Waals surface area contributed by atoms with E-state index in [1.807, 2.05) is 0 Å². The van der Waals surface area contributed by atoms with Gasteiger partial charge in [-0.05, 0) is 18.2 Å². The van der Waals surface area contributed by atoms with Gasteiger partial charge in [-0.1, -0.05) is 18.2 Å². The van der Waals surface area contributed by atoms with Gasteiger partial charge in [0, 0.05) is 12.0 Å². The first-order valence-corrected chi connectivity index (χ1v) is 6.44. The number of aliphatic hydroxyl groups is 2. The number of methoxy groups -OCH3 is 1. The molecule has 112 valence electrons. The fourth-order valence-corrected chi connectivity index (χ4v) is 2.10.